The molecule has 1 aromatic heterocycles. The SMILES string of the molecule is Cc1cc2occ(CC(=O)N3CCC(CN)C3)c2cc1C.Cl. The molecule has 1 aliphatic heterocycles. The third-order valence-corrected chi connectivity index (χ3v) is 4.58. The van der Waals surface area contributed by atoms with Gasteiger partial charge in [-0.3, -0.25) is 4.79 Å². The third-order valence-electron chi connectivity index (χ3n) is 4.58. The van der Waals surface area contributed by atoms with Crippen LogP contribution in [0.1, 0.15) is 23.1 Å². The van der Waals surface area contributed by atoms with Gasteiger partial charge in [-0.25, -0.2) is 0 Å². The van der Waals surface area contributed by atoms with E-state index in [-0.39, 0.29) is 18.3 Å². The lowest BCUT2D eigenvalue weighted by Crippen LogP contribution is -2.31. The topological polar surface area (TPSA) is 59.5 Å². The monoisotopic (exact) mass is 322 g/mol. The first kappa shape index (κ1) is 16.8. The molecular formula is C17H23ClN2O2. The molecule has 1 aromatic carbocycles. The Kier molecular flexibility index (Phi) is 5.14. The molecule has 0 spiro atoms. The van der Waals surface area contributed by atoms with Gasteiger partial charge in [-0.15, -0.1) is 12.4 Å². The second-order valence-corrected chi connectivity index (χ2v) is 6.10. The lowest BCUT2D eigenvalue weighted by molar-refractivity contribution is -0.129. The van der Waals surface area contributed by atoms with Gasteiger partial charge in [0, 0.05) is 24.0 Å². The Morgan fingerprint density at radius 3 is 2.77 bits per heavy atom. The van der Waals surface area contributed by atoms with Crippen molar-refractivity contribution in [2.75, 3.05) is 19.6 Å². The smallest absolute Gasteiger partial charge is 0.227 e. The van der Waals surface area contributed by atoms with Crippen LogP contribution in [-0.2, 0) is 11.2 Å². The molecule has 1 amide bonds. The molecule has 22 heavy (non-hydrogen) atoms. The van der Waals surface area contributed by atoms with Gasteiger partial charge in [0.25, 0.3) is 0 Å². The number of fused-ring (bicyclic) bond motifs is 1. The van der Waals surface area contributed by atoms with Crippen LogP contribution >= 0.6 is 12.4 Å². The number of carbonyl (C=O) groups excluding carboxylic acids is 1. The third kappa shape index (κ3) is 3.13. The van der Waals surface area contributed by atoms with Gasteiger partial charge in [0.1, 0.15) is 5.58 Å². The summed E-state index contributed by atoms with van der Waals surface area (Å²) in [5, 5.41) is 1.06. The first-order valence-corrected chi connectivity index (χ1v) is 7.53. The number of nitrogens with zero attached hydrogens (tertiary/aromatic N) is 1. The minimum Gasteiger partial charge on any atom is -0.464 e. The average Bonchev–Trinajstić information content (AvgIpc) is 3.08. The van der Waals surface area contributed by atoms with E-state index in [1.807, 2.05) is 11.0 Å². The van der Waals surface area contributed by atoms with Crippen LogP contribution in [0, 0.1) is 19.8 Å². The summed E-state index contributed by atoms with van der Waals surface area (Å²) in [6, 6.07) is 4.16. The first-order valence-electron chi connectivity index (χ1n) is 7.53. The predicted molar refractivity (Wildman–Crippen MR) is 90.4 cm³/mol. The molecule has 2 heterocycles. The van der Waals surface area contributed by atoms with Gasteiger partial charge in [0.2, 0.25) is 5.91 Å². The molecular weight excluding hydrogens is 300 g/mol. The maximum atomic E-state index is 12.4. The fraction of sp³-hybridized carbons (Fsp3) is 0.471. The number of amides is 1. The molecule has 0 saturated carbocycles. The van der Waals surface area contributed by atoms with Crippen molar-refractivity contribution in [3.05, 3.63) is 35.1 Å². The highest BCUT2D eigenvalue weighted by Crippen LogP contribution is 2.26. The maximum absolute atomic E-state index is 12.4. The zero-order valence-electron chi connectivity index (χ0n) is 13.1. The van der Waals surface area contributed by atoms with Crippen LogP contribution in [0.15, 0.2) is 22.8 Å². The molecule has 1 fully saturated rings. The molecule has 1 unspecified atom stereocenters. The van der Waals surface area contributed by atoms with E-state index < -0.39 is 0 Å². The first-order chi connectivity index (χ1) is 10.1. The summed E-state index contributed by atoms with van der Waals surface area (Å²) in [5.41, 5.74) is 9.96. The van der Waals surface area contributed by atoms with Gasteiger partial charge in [-0.05, 0) is 56.0 Å². The van der Waals surface area contributed by atoms with Crippen LogP contribution in [0.3, 0.4) is 0 Å². The van der Waals surface area contributed by atoms with Gasteiger partial charge >= 0.3 is 0 Å². The number of aryl methyl sites for hydroxylation is 2. The van der Waals surface area contributed by atoms with E-state index in [9.17, 15) is 4.79 Å². The van der Waals surface area contributed by atoms with E-state index in [1.54, 1.807) is 6.26 Å². The number of benzene rings is 1. The van der Waals surface area contributed by atoms with Crippen molar-refractivity contribution in [1.82, 2.24) is 4.90 Å². The molecule has 0 radical (unpaired) electrons. The molecule has 1 aliphatic rings. The summed E-state index contributed by atoms with van der Waals surface area (Å²) in [6.07, 6.45) is 3.15. The lowest BCUT2D eigenvalue weighted by atomic mass is 10.0. The zero-order valence-corrected chi connectivity index (χ0v) is 13.9. The van der Waals surface area contributed by atoms with Crippen LogP contribution in [0.2, 0.25) is 0 Å². The van der Waals surface area contributed by atoms with Crippen LogP contribution < -0.4 is 5.73 Å². The molecule has 4 nitrogen and oxygen atoms in total. The predicted octanol–water partition coefficient (Wildman–Crippen LogP) is 2.82. The molecule has 3 rings (SSSR count). The van der Waals surface area contributed by atoms with Crippen LogP contribution in [0.5, 0.6) is 0 Å². The van der Waals surface area contributed by atoms with Crippen molar-refractivity contribution >= 4 is 29.3 Å². The summed E-state index contributed by atoms with van der Waals surface area (Å²) < 4.78 is 5.60. The molecule has 1 saturated heterocycles. The number of halogens is 1. The number of carbonyl (C=O) groups is 1. The van der Waals surface area contributed by atoms with Crippen molar-refractivity contribution in [2.45, 2.75) is 26.7 Å². The van der Waals surface area contributed by atoms with Crippen LogP contribution in [0.4, 0.5) is 0 Å². The fourth-order valence-electron chi connectivity index (χ4n) is 3.00. The molecule has 2 N–H and O–H groups in total. The second-order valence-electron chi connectivity index (χ2n) is 6.10. The Balaban J connectivity index is 0.00000176. The average molecular weight is 323 g/mol. The highest BCUT2D eigenvalue weighted by Gasteiger charge is 2.25. The Hall–Kier alpha value is -1.52. The normalized spacial score (nSPS) is 17.8. The number of rotatable bonds is 3. The van der Waals surface area contributed by atoms with Crippen molar-refractivity contribution in [3.8, 4) is 0 Å². The minimum atomic E-state index is 0. The van der Waals surface area contributed by atoms with Crippen LogP contribution in [-0.4, -0.2) is 30.4 Å². The molecule has 1 atom stereocenters. The highest BCUT2D eigenvalue weighted by atomic mass is 35.5. The molecule has 0 bridgehead atoms. The minimum absolute atomic E-state index is 0. The van der Waals surface area contributed by atoms with Gasteiger partial charge in [-0.2, -0.15) is 0 Å². The molecule has 0 aliphatic carbocycles. The van der Waals surface area contributed by atoms with Gasteiger partial charge < -0.3 is 15.1 Å². The Labute approximate surface area is 137 Å². The van der Waals surface area contributed by atoms with Gasteiger partial charge in [-0.1, -0.05) is 0 Å². The molecule has 5 heteroatoms. The Bertz CT molecular complexity index is 681. The lowest BCUT2D eigenvalue weighted by Gasteiger charge is -2.15. The van der Waals surface area contributed by atoms with Crippen molar-refractivity contribution in [2.24, 2.45) is 11.7 Å². The summed E-state index contributed by atoms with van der Waals surface area (Å²) in [4.78, 5) is 14.3. The summed E-state index contributed by atoms with van der Waals surface area (Å²) >= 11 is 0. The molecule has 120 valence electrons. The Morgan fingerprint density at radius 2 is 2.09 bits per heavy atom. The van der Waals surface area contributed by atoms with E-state index in [4.69, 9.17) is 10.2 Å². The van der Waals surface area contributed by atoms with E-state index in [0.717, 1.165) is 36.0 Å². The van der Waals surface area contributed by atoms with Crippen molar-refractivity contribution in [1.29, 1.82) is 0 Å². The highest BCUT2D eigenvalue weighted by molar-refractivity contribution is 5.88. The molecule has 2 aromatic rings. The van der Waals surface area contributed by atoms with Crippen molar-refractivity contribution in [3.63, 3.8) is 0 Å². The second kappa shape index (κ2) is 6.71. The van der Waals surface area contributed by atoms with E-state index in [1.165, 1.54) is 11.1 Å². The Morgan fingerprint density at radius 1 is 1.36 bits per heavy atom. The number of likely N-dealkylation sites (tertiary alicyclic amines) is 1. The maximum Gasteiger partial charge on any atom is 0.227 e. The van der Waals surface area contributed by atoms with Gasteiger partial charge in [0.05, 0.1) is 12.7 Å². The zero-order chi connectivity index (χ0) is 15.0. The van der Waals surface area contributed by atoms with E-state index in [0.29, 0.717) is 18.9 Å². The number of nitrogens with two attached hydrogens (primary N) is 1. The fourth-order valence-corrected chi connectivity index (χ4v) is 3.00. The number of furan rings is 1. The number of hydrogen-bond donors (Lipinski definition) is 1. The summed E-state index contributed by atoms with van der Waals surface area (Å²) in [5.74, 6) is 0.631. The largest absolute Gasteiger partial charge is 0.464 e. The van der Waals surface area contributed by atoms with E-state index >= 15 is 0 Å². The standard InChI is InChI=1S/C17H22N2O2.ClH/c1-11-5-15-14(10-21-16(15)6-12(11)2)7-17(20)19-4-3-13(8-18)9-19;/h5-6,10,13H,3-4,7-9,18H2,1-2H3;1H. The van der Waals surface area contributed by atoms with Gasteiger partial charge in [0.15, 0.2) is 0 Å². The summed E-state index contributed by atoms with van der Waals surface area (Å²) in [7, 11) is 0. The number of hydrogen-bond acceptors (Lipinski definition) is 3. The quantitative estimate of drug-likeness (QED) is 0.945. The van der Waals surface area contributed by atoms with Crippen LogP contribution in [0.25, 0.3) is 11.0 Å². The summed E-state index contributed by atoms with van der Waals surface area (Å²) in [6.45, 7) is 6.44. The van der Waals surface area contributed by atoms with E-state index in [2.05, 4.69) is 19.9 Å². The van der Waals surface area contributed by atoms with Crippen molar-refractivity contribution < 1.29 is 9.21 Å².